The molecule has 1 rings (SSSR count). The van der Waals surface area contributed by atoms with Crippen molar-refractivity contribution >= 4 is 5.69 Å². The summed E-state index contributed by atoms with van der Waals surface area (Å²) in [6, 6.07) is 9.78. The van der Waals surface area contributed by atoms with Crippen LogP contribution in [0.1, 0.15) is 24.8 Å². The first kappa shape index (κ1) is 11.5. The molecule has 0 aliphatic heterocycles. The van der Waals surface area contributed by atoms with Crippen LogP contribution in [0.25, 0.3) is 0 Å². The van der Waals surface area contributed by atoms with Crippen molar-refractivity contribution < 1.29 is 4.74 Å². The Morgan fingerprint density at radius 2 is 1.93 bits per heavy atom. The molecule has 0 amide bonds. The number of anilines is 1. The third kappa shape index (κ3) is 5.04. The Bertz CT molecular complexity index is 313. The third-order valence-corrected chi connectivity index (χ3v) is 2.08. The van der Waals surface area contributed by atoms with Gasteiger partial charge in [0.25, 0.3) is 0 Å². The van der Waals surface area contributed by atoms with Crippen molar-refractivity contribution in [2.24, 2.45) is 0 Å². The van der Waals surface area contributed by atoms with Gasteiger partial charge in [-0.3, -0.25) is 0 Å². The number of nitrogen functional groups attached to an aromatic ring is 1. The van der Waals surface area contributed by atoms with Gasteiger partial charge in [0.1, 0.15) is 0 Å². The van der Waals surface area contributed by atoms with Gasteiger partial charge in [0, 0.05) is 18.7 Å². The van der Waals surface area contributed by atoms with Crippen LogP contribution in [0.2, 0.25) is 0 Å². The second-order valence-corrected chi connectivity index (χ2v) is 3.41. The minimum absolute atomic E-state index is 0.616. The van der Waals surface area contributed by atoms with Gasteiger partial charge in [-0.15, -0.1) is 0 Å². The van der Waals surface area contributed by atoms with E-state index in [1.54, 1.807) is 0 Å². The lowest BCUT2D eigenvalue weighted by atomic mass is 10.2. The third-order valence-electron chi connectivity index (χ3n) is 2.08. The van der Waals surface area contributed by atoms with E-state index in [1.807, 2.05) is 24.3 Å². The summed E-state index contributed by atoms with van der Waals surface area (Å²) in [5.74, 6) is 0. The van der Waals surface area contributed by atoms with Gasteiger partial charge in [-0.2, -0.15) is 5.26 Å². The molecule has 0 unspecified atom stereocenters. The largest absolute Gasteiger partial charge is 0.399 e. The van der Waals surface area contributed by atoms with Crippen LogP contribution in [0.4, 0.5) is 5.69 Å². The van der Waals surface area contributed by atoms with E-state index in [9.17, 15) is 0 Å². The summed E-state index contributed by atoms with van der Waals surface area (Å²) in [6.45, 7) is 1.33. The fraction of sp³-hybridized carbons (Fsp3) is 0.417. The highest BCUT2D eigenvalue weighted by Gasteiger charge is 1.93. The van der Waals surface area contributed by atoms with Crippen molar-refractivity contribution in [3.8, 4) is 6.07 Å². The molecule has 2 N–H and O–H groups in total. The molecule has 0 saturated carbocycles. The van der Waals surface area contributed by atoms with Gasteiger partial charge >= 0.3 is 0 Å². The lowest BCUT2D eigenvalue weighted by molar-refractivity contribution is 0.117. The maximum atomic E-state index is 8.32. The van der Waals surface area contributed by atoms with Crippen LogP contribution in [0, 0.1) is 11.3 Å². The number of nitrogens with zero attached hydrogens (tertiary/aromatic N) is 1. The van der Waals surface area contributed by atoms with E-state index in [2.05, 4.69) is 6.07 Å². The van der Waals surface area contributed by atoms with Crippen molar-refractivity contribution in [2.75, 3.05) is 12.3 Å². The second kappa shape index (κ2) is 6.86. The maximum Gasteiger partial charge on any atom is 0.0716 e. The molecule has 0 aromatic heterocycles. The molecule has 80 valence electrons. The molecular weight excluding hydrogens is 188 g/mol. The first-order valence-corrected chi connectivity index (χ1v) is 5.12. The van der Waals surface area contributed by atoms with Crippen LogP contribution in [0.5, 0.6) is 0 Å². The van der Waals surface area contributed by atoms with Crippen molar-refractivity contribution in [1.82, 2.24) is 0 Å². The number of benzene rings is 1. The summed E-state index contributed by atoms with van der Waals surface area (Å²) in [5, 5.41) is 8.32. The Morgan fingerprint density at radius 1 is 1.20 bits per heavy atom. The molecule has 3 nitrogen and oxygen atoms in total. The fourth-order valence-corrected chi connectivity index (χ4v) is 1.21. The van der Waals surface area contributed by atoms with Gasteiger partial charge < -0.3 is 10.5 Å². The molecule has 0 spiro atoms. The van der Waals surface area contributed by atoms with E-state index < -0.39 is 0 Å². The summed E-state index contributed by atoms with van der Waals surface area (Å²) in [6.07, 6.45) is 2.48. The average Bonchev–Trinajstić information content (AvgIpc) is 2.26. The first-order chi connectivity index (χ1) is 7.33. The lowest BCUT2D eigenvalue weighted by Gasteiger charge is -2.03. The quantitative estimate of drug-likeness (QED) is 0.572. The van der Waals surface area contributed by atoms with Crippen LogP contribution in [-0.2, 0) is 11.3 Å². The summed E-state index contributed by atoms with van der Waals surface area (Å²) in [7, 11) is 0. The molecule has 15 heavy (non-hydrogen) atoms. The minimum Gasteiger partial charge on any atom is -0.399 e. The van der Waals surface area contributed by atoms with Gasteiger partial charge in [-0.1, -0.05) is 12.1 Å². The highest BCUT2D eigenvalue weighted by molar-refractivity contribution is 5.39. The summed E-state index contributed by atoms with van der Waals surface area (Å²) in [4.78, 5) is 0. The SMILES string of the molecule is N#CCCCCOCc1ccc(N)cc1. The van der Waals surface area contributed by atoms with Crippen molar-refractivity contribution in [3.05, 3.63) is 29.8 Å². The van der Waals surface area contributed by atoms with Gasteiger partial charge in [0.2, 0.25) is 0 Å². The normalized spacial score (nSPS) is 9.80. The molecule has 1 aromatic rings. The number of hydrogen-bond acceptors (Lipinski definition) is 3. The summed E-state index contributed by atoms with van der Waals surface area (Å²) in [5.41, 5.74) is 7.47. The number of unbranched alkanes of at least 4 members (excludes halogenated alkanes) is 2. The van der Waals surface area contributed by atoms with Gasteiger partial charge in [0.15, 0.2) is 0 Å². The van der Waals surface area contributed by atoms with E-state index in [1.165, 1.54) is 0 Å². The summed E-state index contributed by atoms with van der Waals surface area (Å²) >= 11 is 0. The van der Waals surface area contributed by atoms with Crippen molar-refractivity contribution in [3.63, 3.8) is 0 Å². The lowest BCUT2D eigenvalue weighted by Crippen LogP contribution is -1.95. The zero-order valence-electron chi connectivity index (χ0n) is 8.78. The molecule has 3 heteroatoms. The van der Waals surface area contributed by atoms with Crippen molar-refractivity contribution in [1.29, 1.82) is 5.26 Å². The molecule has 0 radical (unpaired) electrons. The van der Waals surface area contributed by atoms with Gasteiger partial charge in [0.05, 0.1) is 12.7 Å². The highest BCUT2D eigenvalue weighted by atomic mass is 16.5. The minimum atomic E-state index is 0.616. The number of nitriles is 1. The van der Waals surface area contributed by atoms with E-state index in [0.717, 1.165) is 24.1 Å². The monoisotopic (exact) mass is 204 g/mol. The zero-order chi connectivity index (χ0) is 10.9. The molecule has 0 aliphatic carbocycles. The highest BCUT2D eigenvalue weighted by Crippen LogP contribution is 2.07. The first-order valence-electron chi connectivity index (χ1n) is 5.12. The Balaban J connectivity index is 2.10. The second-order valence-electron chi connectivity index (χ2n) is 3.41. The van der Waals surface area contributed by atoms with E-state index >= 15 is 0 Å². The standard InChI is InChI=1S/C12H16N2O/c13-8-2-1-3-9-15-10-11-4-6-12(14)7-5-11/h4-7H,1-3,9-10,14H2. The smallest absolute Gasteiger partial charge is 0.0716 e. The summed E-state index contributed by atoms with van der Waals surface area (Å²) < 4.78 is 5.46. The zero-order valence-corrected chi connectivity index (χ0v) is 8.78. The van der Waals surface area contributed by atoms with Crippen LogP contribution < -0.4 is 5.73 Å². The topological polar surface area (TPSA) is 59.0 Å². The van der Waals surface area contributed by atoms with Crippen LogP contribution in [-0.4, -0.2) is 6.61 Å². The molecule has 0 aliphatic rings. The Labute approximate surface area is 90.5 Å². The predicted octanol–water partition coefficient (Wildman–Crippen LogP) is 2.48. The van der Waals surface area contributed by atoms with E-state index in [4.69, 9.17) is 15.7 Å². The predicted molar refractivity (Wildman–Crippen MR) is 60.0 cm³/mol. The van der Waals surface area contributed by atoms with Crippen LogP contribution in [0.15, 0.2) is 24.3 Å². The molecule has 1 aromatic carbocycles. The fourth-order valence-electron chi connectivity index (χ4n) is 1.21. The van der Waals surface area contributed by atoms with Crippen LogP contribution in [0.3, 0.4) is 0 Å². The van der Waals surface area contributed by atoms with Gasteiger partial charge in [-0.25, -0.2) is 0 Å². The Hall–Kier alpha value is -1.53. The van der Waals surface area contributed by atoms with Gasteiger partial charge in [-0.05, 0) is 30.5 Å². The molecule has 0 atom stereocenters. The molecule has 0 heterocycles. The number of nitrogens with two attached hydrogens (primary N) is 1. The molecule has 0 fully saturated rings. The number of hydrogen-bond donors (Lipinski definition) is 1. The van der Waals surface area contributed by atoms with E-state index in [0.29, 0.717) is 19.6 Å². The molecular formula is C12H16N2O. The van der Waals surface area contributed by atoms with E-state index in [-0.39, 0.29) is 0 Å². The molecule has 0 bridgehead atoms. The van der Waals surface area contributed by atoms with Crippen LogP contribution >= 0.6 is 0 Å². The number of ether oxygens (including phenoxy) is 1. The maximum absolute atomic E-state index is 8.32. The van der Waals surface area contributed by atoms with Crippen molar-refractivity contribution in [2.45, 2.75) is 25.9 Å². The Kier molecular flexibility index (Phi) is 5.28. The average molecular weight is 204 g/mol. The number of rotatable bonds is 6. The Morgan fingerprint density at radius 3 is 2.60 bits per heavy atom. The molecule has 0 saturated heterocycles.